The Morgan fingerprint density at radius 3 is 2.92 bits per heavy atom. The summed E-state index contributed by atoms with van der Waals surface area (Å²) in [5, 5.41) is 10.8. The van der Waals surface area contributed by atoms with E-state index < -0.39 is 0 Å². The van der Waals surface area contributed by atoms with Gasteiger partial charge in [0.15, 0.2) is 0 Å². The molecule has 0 spiro atoms. The van der Waals surface area contributed by atoms with Gasteiger partial charge in [-0.25, -0.2) is 4.68 Å². The van der Waals surface area contributed by atoms with Crippen LogP contribution in [0.25, 0.3) is 0 Å². The molecule has 0 atom stereocenters. The molecule has 0 N–H and O–H groups in total. The standard InChI is InChI=1S/C7H14N4O/c1-7(2)12-5-3-4-11-6-8-9-10-11/h6-7H,3-5H2,1-2H3. The first kappa shape index (κ1) is 9.12. The zero-order valence-corrected chi connectivity index (χ0v) is 7.47. The summed E-state index contributed by atoms with van der Waals surface area (Å²) in [6.45, 7) is 5.63. The molecule has 0 aliphatic heterocycles. The van der Waals surface area contributed by atoms with Crippen LogP contribution in [0.5, 0.6) is 0 Å². The van der Waals surface area contributed by atoms with Gasteiger partial charge in [0.2, 0.25) is 0 Å². The fraction of sp³-hybridized carbons (Fsp3) is 0.857. The molecule has 5 heteroatoms. The predicted molar refractivity (Wildman–Crippen MR) is 43.5 cm³/mol. The second-order valence-corrected chi connectivity index (χ2v) is 2.85. The predicted octanol–water partition coefficient (Wildman–Crippen LogP) is 0.488. The van der Waals surface area contributed by atoms with Crippen molar-refractivity contribution in [3.05, 3.63) is 6.33 Å². The Morgan fingerprint density at radius 2 is 2.33 bits per heavy atom. The normalized spacial score (nSPS) is 10.9. The van der Waals surface area contributed by atoms with E-state index in [4.69, 9.17) is 4.74 Å². The molecule has 5 nitrogen and oxygen atoms in total. The molecule has 0 saturated carbocycles. The van der Waals surface area contributed by atoms with Gasteiger partial charge in [-0.05, 0) is 30.7 Å². The van der Waals surface area contributed by atoms with E-state index in [-0.39, 0.29) is 0 Å². The van der Waals surface area contributed by atoms with E-state index in [0.29, 0.717) is 6.10 Å². The summed E-state index contributed by atoms with van der Waals surface area (Å²) in [5.74, 6) is 0. The molecule has 0 aliphatic rings. The molecule has 0 fully saturated rings. The first-order valence-electron chi connectivity index (χ1n) is 4.11. The van der Waals surface area contributed by atoms with Crippen molar-refractivity contribution in [2.24, 2.45) is 0 Å². The summed E-state index contributed by atoms with van der Waals surface area (Å²) in [6.07, 6.45) is 2.86. The lowest BCUT2D eigenvalue weighted by molar-refractivity contribution is 0.0742. The van der Waals surface area contributed by atoms with Crippen LogP contribution >= 0.6 is 0 Å². The summed E-state index contributed by atoms with van der Waals surface area (Å²) < 4.78 is 7.06. The number of ether oxygens (including phenoxy) is 1. The van der Waals surface area contributed by atoms with Gasteiger partial charge in [0.05, 0.1) is 6.10 Å². The quantitative estimate of drug-likeness (QED) is 0.603. The van der Waals surface area contributed by atoms with E-state index in [9.17, 15) is 0 Å². The van der Waals surface area contributed by atoms with E-state index in [1.807, 2.05) is 13.8 Å². The summed E-state index contributed by atoms with van der Waals surface area (Å²) in [7, 11) is 0. The molecule has 0 unspecified atom stereocenters. The maximum absolute atomic E-state index is 5.36. The fourth-order valence-corrected chi connectivity index (χ4v) is 0.828. The molecule has 0 aromatic carbocycles. The molecular weight excluding hydrogens is 156 g/mol. The van der Waals surface area contributed by atoms with E-state index in [1.54, 1.807) is 11.0 Å². The molecule has 68 valence electrons. The highest BCUT2D eigenvalue weighted by atomic mass is 16.5. The van der Waals surface area contributed by atoms with Crippen LogP contribution in [0.3, 0.4) is 0 Å². The first-order valence-corrected chi connectivity index (χ1v) is 4.11. The molecule has 1 rings (SSSR count). The number of rotatable bonds is 5. The lowest BCUT2D eigenvalue weighted by Crippen LogP contribution is -2.07. The van der Waals surface area contributed by atoms with Gasteiger partial charge in [-0.1, -0.05) is 0 Å². The highest BCUT2D eigenvalue weighted by molar-refractivity contribution is 4.47. The fourth-order valence-electron chi connectivity index (χ4n) is 0.828. The Kier molecular flexibility index (Phi) is 3.66. The molecule has 0 saturated heterocycles. The SMILES string of the molecule is CC(C)OCCCn1cnnn1. The third kappa shape index (κ3) is 3.43. The largest absolute Gasteiger partial charge is 0.379 e. The van der Waals surface area contributed by atoms with Crippen molar-refractivity contribution in [1.82, 2.24) is 20.2 Å². The molecule has 12 heavy (non-hydrogen) atoms. The van der Waals surface area contributed by atoms with Crippen molar-refractivity contribution in [3.63, 3.8) is 0 Å². The molecule has 0 radical (unpaired) electrons. The Labute approximate surface area is 71.7 Å². The van der Waals surface area contributed by atoms with Gasteiger partial charge in [-0.2, -0.15) is 0 Å². The number of tetrazole rings is 1. The molecule has 1 aromatic rings. The number of hydrogen-bond acceptors (Lipinski definition) is 4. The maximum Gasteiger partial charge on any atom is 0.138 e. The highest BCUT2D eigenvalue weighted by Gasteiger charge is 1.94. The highest BCUT2D eigenvalue weighted by Crippen LogP contribution is 1.92. The number of aryl methyl sites for hydroxylation is 1. The van der Waals surface area contributed by atoms with Gasteiger partial charge >= 0.3 is 0 Å². The third-order valence-corrected chi connectivity index (χ3v) is 1.37. The van der Waals surface area contributed by atoms with Gasteiger partial charge < -0.3 is 4.74 Å². The van der Waals surface area contributed by atoms with Crippen LogP contribution in [-0.4, -0.2) is 32.9 Å². The van der Waals surface area contributed by atoms with E-state index in [0.717, 1.165) is 19.6 Å². The Morgan fingerprint density at radius 1 is 1.50 bits per heavy atom. The first-order chi connectivity index (χ1) is 5.79. The van der Waals surface area contributed by atoms with Gasteiger partial charge in [-0.15, -0.1) is 5.10 Å². The number of hydrogen-bond donors (Lipinski definition) is 0. The number of aromatic nitrogens is 4. The molecule has 0 bridgehead atoms. The van der Waals surface area contributed by atoms with Crippen molar-refractivity contribution in [3.8, 4) is 0 Å². The zero-order chi connectivity index (χ0) is 8.81. The van der Waals surface area contributed by atoms with Crippen LogP contribution in [0.4, 0.5) is 0 Å². The lowest BCUT2D eigenvalue weighted by atomic mass is 10.4. The average molecular weight is 170 g/mol. The molecule has 1 aromatic heterocycles. The van der Waals surface area contributed by atoms with Gasteiger partial charge in [0.1, 0.15) is 6.33 Å². The minimum Gasteiger partial charge on any atom is -0.379 e. The van der Waals surface area contributed by atoms with Crippen LogP contribution < -0.4 is 0 Å². The molecule has 0 aliphatic carbocycles. The van der Waals surface area contributed by atoms with Gasteiger partial charge in [0.25, 0.3) is 0 Å². The Balaban J connectivity index is 2.04. The minimum absolute atomic E-state index is 0.305. The topological polar surface area (TPSA) is 52.8 Å². The Hall–Kier alpha value is -0.970. The van der Waals surface area contributed by atoms with Crippen molar-refractivity contribution < 1.29 is 4.74 Å². The second-order valence-electron chi connectivity index (χ2n) is 2.85. The average Bonchev–Trinajstić information content (AvgIpc) is 2.49. The van der Waals surface area contributed by atoms with Crippen molar-refractivity contribution in [2.45, 2.75) is 32.9 Å². The monoisotopic (exact) mass is 170 g/mol. The van der Waals surface area contributed by atoms with Crippen molar-refractivity contribution >= 4 is 0 Å². The molecule has 1 heterocycles. The summed E-state index contributed by atoms with van der Waals surface area (Å²) in [4.78, 5) is 0. The van der Waals surface area contributed by atoms with Crippen LogP contribution in [0.15, 0.2) is 6.33 Å². The smallest absolute Gasteiger partial charge is 0.138 e. The van der Waals surface area contributed by atoms with Crippen molar-refractivity contribution in [2.75, 3.05) is 6.61 Å². The summed E-state index contributed by atoms with van der Waals surface area (Å²) >= 11 is 0. The maximum atomic E-state index is 5.36. The lowest BCUT2D eigenvalue weighted by Gasteiger charge is -2.05. The Bertz CT molecular complexity index is 197. The van der Waals surface area contributed by atoms with Crippen molar-refractivity contribution in [1.29, 1.82) is 0 Å². The molecule has 0 amide bonds. The zero-order valence-electron chi connectivity index (χ0n) is 7.47. The number of nitrogens with zero attached hydrogens (tertiary/aromatic N) is 4. The van der Waals surface area contributed by atoms with E-state index in [2.05, 4.69) is 15.5 Å². The van der Waals surface area contributed by atoms with Gasteiger partial charge in [-0.3, -0.25) is 0 Å². The van der Waals surface area contributed by atoms with E-state index in [1.165, 1.54) is 0 Å². The third-order valence-electron chi connectivity index (χ3n) is 1.37. The van der Waals surface area contributed by atoms with Gasteiger partial charge in [0, 0.05) is 13.2 Å². The summed E-state index contributed by atoms with van der Waals surface area (Å²) in [5.41, 5.74) is 0. The van der Waals surface area contributed by atoms with Crippen LogP contribution in [-0.2, 0) is 11.3 Å². The van der Waals surface area contributed by atoms with E-state index >= 15 is 0 Å². The minimum atomic E-state index is 0.305. The van der Waals surface area contributed by atoms with Crippen LogP contribution in [0, 0.1) is 0 Å². The second kappa shape index (κ2) is 4.82. The van der Waals surface area contributed by atoms with Crippen LogP contribution in [0.1, 0.15) is 20.3 Å². The summed E-state index contributed by atoms with van der Waals surface area (Å²) in [6, 6.07) is 0. The van der Waals surface area contributed by atoms with Crippen LogP contribution in [0.2, 0.25) is 0 Å². The molecular formula is C7H14N4O.